The maximum atomic E-state index is 12.5. The van der Waals surface area contributed by atoms with Crippen molar-refractivity contribution in [3.63, 3.8) is 0 Å². The van der Waals surface area contributed by atoms with Crippen LogP contribution in [-0.2, 0) is 0 Å². The first-order valence-electron chi connectivity index (χ1n) is 6.12. The molecule has 2 rings (SSSR count). The number of rotatable bonds is 3. The van der Waals surface area contributed by atoms with E-state index in [0.29, 0.717) is 9.90 Å². The average Bonchev–Trinajstić information content (AvgIpc) is 2.74. The molecule has 2 aromatic heterocycles. The topological polar surface area (TPSA) is 54.9 Å². The zero-order valence-electron chi connectivity index (χ0n) is 11.2. The molecule has 0 fully saturated rings. The van der Waals surface area contributed by atoms with E-state index in [1.165, 1.54) is 15.9 Å². The highest BCUT2D eigenvalue weighted by Gasteiger charge is 2.20. The number of H-pyrrole nitrogens is 1. The van der Waals surface area contributed by atoms with Gasteiger partial charge < -0.3 is 0 Å². The summed E-state index contributed by atoms with van der Waals surface area (Å²) in [4.78, 5) is 27.9. The van der Waals surface area contributed by atoms with Gasteiger partial charge in [-0.3, -0.25) is 14.3 Å². The number of aromatic nitrogens is 2. The zero-order chi connectivity index (χ0) is 15.0. The minimum Gasteiger partial charge on any atom is -0.297 e. The third kappa shape index (κ3) is 2.71. The Hall–Kier alpha value is -1.04. The molecule has 1 unspecified atom stereocenters. The van der Waals surface area contributed by atoms with Crippen LogP contribution in [0.1, 0.15) is 43.2 Å². The van der Waals surface area contributed by atoms with Crippen LogP contribution in [0.5, 0.6) is 0 Å². The molecule has 2 heterocycles. The van der Waals surface area contributed by atoms with Crippen molar-refractivity contribution in [3.8, 4) is 0 Å². The fraction of sp³-hybridized carbons (Fsp3) is 0.385. The van der Waals surface area contributed by atoms with Crippen LogP contribution in [0.25, 0.3) is 0 Å². The lowest BCUT2D eigenvalue weighted by Gasteiger charge is -2.15. The van der Waals surface area contributed by atoms with Gasteiger partial charge in [0.2, 0.25) is 0 Å². The SMILES string of the molecule is CC(C)c1c(Cl)[nH]c(=O)n(C(C)c2ccc(Cl)s2)c1=O. The Labute approximate surface area is 130 Å². The molecule has 108 valence electrons. The Kier molecular flexibility index (Phi) is 4.42. The Morgan fingerprint density at radius 2 is 1.85 bits per heavy atom. The molecule has 0 aliphatic rings. The molecule has 0 aromatic carbocycles. The second kappa shape index (κ2) is 5.76. The molecule has 0 spiro atoms. The van der Waals surface area contributed by atoms with Gasteiger partial charge in [-0.2, -0.15) is 0 Å². The van der Waals surface area contributed by atoms with E-state index < -0.39 is 11.7 Å². The molecule has 4 nitrogen and oxygen atoms in total. The molecule has 0 aliphatic heterocycles. The maximum Gasteiger partial charge on any atom is 0.330 e. The lowest BCUT2D eigenvalue weighted by Crippen LogP contribution is -2.39. The third-order valence-corrected chi connectivity index (χ3v) is 4.79. The molecule has 0 saturated heterocycles. The summed E-state index contributed by atoms with van der Waals surface area (Å²) in [6.45, 7) is 5.51. The van der Waals surface area contributed by atoms with Gasteiger partial charge in [0, 0.05) is 4.88 Å². The standard InChI is InChI=1S/C13H14Cl2N2O2S/c1-6(2)10-11(15)16-13(19)17(12(10)18)7(3)8-4-5-9(14)20-8/h4-7H,1-3H3,(H,16,19). The van der Waals surface area contributed by atoms with Crippen LogP contribution in [0, 0.1) is 0 Å². The Bertz CT molecular complexity index is 746. The van der Waals surface area contributed by atoms with E-state index in [1.807, 2.05) is 19.9 Å². The first-order valence-corrected chi connectivity index (χ1v) is 7.69. The number of halogens is 2. The molecule has 1 atom stereocenters. The number of hydrogen-bond acceptors (Lipinski definition) is 3. The van der Waals surface area contributed by atoms with Crippen molar-refractivity contribution in [3.05, 3.63) is 52.9 Å². The zero-order valence-corrected chi connectivity index (χ0v) is 13.6. The van der Waals surface area contributed by atoms with Gasteiger partial charge in [0.15, 0.2) is 0 Å². The summed E-state index contributed by atoms with van der Waals surface area (Å²) >= 11 is 13.2. The van der Waals surface area contributed by atoms with E-state index in [-0.39, 0.29) is 16.6 Å². The number of thiophene rings is 1. The van der Waals surface area contributed by atoms with Gasteiger partial charge in [0.25, 0.3) is 5.56 Å². The van der Waals surface area contributed by atoms with Crippen molar-refractivity contribution in [1.82, 2.24) is 9.55 Å². The summed E-state index contributed by atoms with van der Waals surface area (Å²) in [5, 5.41) is 0.114. The highest BCUT2D eigenvalue weighted by Crippen LogP contribution is 2.28. The first kappa shape index (κ1) is 15.4. The number of nitrogens with zero attached hydrogens (tertiary/aromatic N) is 1. The fourth-order valence-electron chi connectivity index (χ4n) is 2.07. The molecule has 1 N–H and O–H groups in total. The third-order valence-electron chi connectivity index (χ3n) is 3.09. The van der Waals surface area contributed by atoms with Crippen LogP contribution in [0.15, 0.2) is 21.7 Å². The van der Waals surface area contributed by atoms with Gasteiger partial charge in [0.05, 0.1) is 15.9 Å². The minimum atomic E-state index is -0.513. The van der Waals surface area contributed by atoms with Crippen LogP contribution < -0.4 is 11.2 Å². The normalized spacial score (nSPS) is 12.9. The van der Waals surface area contributed by atoms with Crippen molar-refractivity contribution in [1.29, 1.82) is 0 Å². The van der Waals surface area contributed by atoms with Crippen molar-refractivity contribution >= 4 is 34.5 Å². The fourth-order valence-corrected chi connectivity index (χ4v) is 3.55. The lowest BCUT2D eigenvalue weighted by molar-refractivity contribution is 0.574. The molecule has 0 aliphatic carbocycles. The van der Waals surface area contributed by atoms with Crippen LogP contribution in [0.2, 0.25) is 9.49 Å². The van der Waals surface area contributed by atoms with Crippen LogP contribution >= 0.6 is 34.5 Å². The van der Waals surface area contributed by atoms with Gasteiger partial charge in [-0.05, 0) is 25.0 Å². The largest absolute Gasteiger partial charge is 0.330 e. The number of aromatic amines is 1. The van der Waals surface area contributed by atoms with Crippen LogP contribution in [0.4, 0.5) is 0 Å². The van der Waals surface area contributed by atoms with Crippen LogP contribution in [-0.4, -0.2) is 9.55 Å². The molecule has 2 aromatic rings. The second-order valence-electron chi connectivity index (χ2n) is 4.81. The highest BCUT2D eigenvalue weighted by atomic mass is 35.5. The Balaban J connectivity index is 2.66. The highest BCUT2D eigenvalue weighted by molar-refractivity contribution is 7.16. The predicted molar refractivity (Wildman–Crippen MR) is 83.6 cm³/mol. The van der Waals surface area contributed by atoms with E-state index in [4.69, 9.17) is 23.2 Å². The Morgan fingerprint density at radius 3 is 2.35 bits per heavy atom. The van der Waals surface area contributed by atoms with E-state index >= 15 is 0 Å². The van der Waals surface area contributed by atoms with Crippen molar-refractivity contribution in [2.45, 2.75) is 32.7 Å². The number of nitrogens with one attached hydrogen (secondary N) is 1. The molecule has 0 saturated carbocycles. The molecular formula is C13H14Cl2N2O2S. The molecule has 0 amide bonds. The lowest BCUT2D eigenvalue weighted by atomic mass is 10.1. The van der Waals surface area contributed by atoms with Gasteiger partial charge in [-0.15, -0.1) is 11.3 Å². The van der Waals surface area contributed by atoms with Crippen molar-refractivity contribution < 1.29 is 0 Å². The summed E-state index contributed by atoms with van der Waals surface area (Å²) in [6, 6.07) is 3.17. The summed E-state index contributed by atoms with van der Waals surface area (Å²) in [7, 11) is 0. The summed E-state index contributed by atoms with van der Waals surface area (Å²) in [5.41, 5.74) is -0.451. The smallest absolute Gasteiger partial charge is 0.297 e. The predicted octanol–water partition coefficient (Wildman–Crippen LogP) is 3.64. The van der Waals surface area contributed by atoms with Gasteiger partial charge in [0.1, 0.15) is 5.15 Å². The first-order chi connectivity index (χ1) is 9.32. The van der Waals surface area contributed by atoms with Crippen LogP contribution in [0.3, 0.4) is 0 Å². The van der Waals surface area contributed by atoms with Gasteiger partial charge in [-0.25, -0.2) is 4.79 Å². The molecule has 7 heteroatoms. The molecule has 0 bridgehead atoms. The van der Waals surface area contributed by atoms with E-state index in [2.05, 4.69) is 4.98 Å². The van der Waals surface area contributed by atoms with Gasteiger partial charge >= 0.3 is 5.69 Å². The van der Waals surface area contributed by atoms with E-state index in [0.717, 1.165) is 4.88 Å². The summed E-state index contributed by atoms with van der Waals surface area (Å²) in [6.07, 6.45) is 0. The Morgan fingerprint density at radius 1 is 1.20 bits per heavy atom. The van der Waals surface area contributed by atoms with Crippen molar-refractivity contribution in [2.24, 2.45) is 0 Å². The van der Waals surface area contributed by atoms with E-state index in [9.17, 15) is 9.59 Å². The van der Waals surface area contributed by atoms with E-state index in [1.54, 1.807) is 13.0 Å². The molecule has 0 radical (unpaired) electrons. The molecular weight excluding hydrogens is 319 g/mol. The average molecular weight is 333 g/mol. The number of hydrogen-bond donors (Lipinski definition) is 1. The monoisotopic (exact) mass is 332 g/mol. The maximum absolute atomic E-state index is 12.5. The van der Waals surface area contributed by atoms with Gasteiger partial charge in [-0.1, -0.05) is 37.0 Å². The van der Waals surface area contributed by atoms with Crippen molar-refractivity contribution in [2.75, 3.05) is 0 Å². The summed E-state index contributed by atoms with van der Waals surface area (Å²) < 4.78 is 1.80. The second-order valence-corrected chi connectivity index (χ2v) is 6.93. The summed E-state index contributed by atoms with van der Waals surface area (Å²) in [5.74, 6) is -0.0720. The quantitative estimate of drug-likeness (QED) is 0.872. The minimum absolute atomic E-state index is 0.0720. The molecule has 20 heavy (non-hydrogen) atoms.